The molecule has 2 aromatic heterocycles. The van der Waals surface area contributed by atoms with Crippen molar-refractivity contribution in [3.63, 3.8) is 0 Å². The van der Waals surface area contributed by atoms with E-state index in [1.165, 1.54) is 18.9 Å². The van der Waals surface area contributed by atoms with E-state index >= 15 is 0 Å². The van der Waals surface area contributed by atoms with Crippen molar-refractivity contribution in [2.75, 3.05) is 0 Å². The molecule has 0 amide bonds. The first-order valence-electron chi connectivity index (χ1n) is 6.34. The first-order chi connectivity index (χ1) is 9.31. The van der Waals surface area contributed by atoms with Gasteiger partial charge in [0.25, 0.3) is 0 Å². The summed E-state index contributed by atoms with van der Waals surface area (Å²) >= 11 is 0. The second-order valence-electron chi connectivity index (χ2n) is 4.64. The quantitative estimate of drug-likeness (QED) is 0.869. The van der Waals surface area contributed by atoms with Gasteiger partial charge in [0.2, 0.25) is 5.88 Å². The third-order valence-electron chi connectivity index (χ3n) is 2.98. The molecule has 0 spiro atoms. The van der Waals surface area contributed by atoms with Crippen molar-refractivity contribution in [3.8, 4) is 5.88 Å². The average molecular weight is 262 g/mol. The highest BCUT2D eigenvalue weighted by Crippen LogP contribution is 2.22. The topological polar surface area (TPSA) is 47.3 Å². The maximum atomic E-state index is 13.2. The lowest BCUT2D eigenvalue weighted by Crippen LogP contribution is -2.16. The van der Waals surface area contributed by atoms with E-state index < -0.39 is 0 Å². The van der Waals surface area contributed by atoms with Crippen LogP contribution in [0.4, 0.5) is 4.39 Å². The van der Waals surface area contributed by atoms with Gasteiger partial charge in [-0.25, -0.2) is 9.37 Å². The smallest absolute Gasteiger partial charge is 0.218 e. The molecule has 0 atom stereocenters. The number of aromatic nitrogens is 1. The van der Waals surface area contributed by atoms with Gasteiger partial charge in [-0.2, -0.15) is 0 Å². The van der Waals surface area contributed by atoms with Crippen LogP contribution >= 0.6 is 0 Å². The van der Waals surface area contributed by atoms with Gasteiger partial charge in [-0.1, -0.05) is 0 Å². The van der Waals surface area contributed by atoms with Crippen molar-refractivity contribution < 1.29 is 13.5 Å². The lowest BCUT2D eigenvalue weighted by atomic mass is 10.2. The van der Waals surface area contributed by atoms with E-state index in [-0.39, 0.29) is 5.82 Å². The van der Waals surface area contributed by atoms with Crippen molar-refractivity contribution >= 4 is 0 Å². The van der Waals surface area contributed by atoms with Crippen LogP contribution in [0.5, 0.6) is 5.88 Å². The molecule has 2 heterocycles. The van der Waals surface area contributed by atoms with Crippen LogP contribution in [0.25, 0.3) is 0 Å². The van der Waals surface area contributed by atoms with Crippen LogP contribution in [0.3, 0.4) is 0 Å². The molecule has 2 aromatic rings. The minimum absolute atomic E-state index is 0.294. The Bertz CT molecular complexity index is 538. The standard InChI is InChI=1S/C14H15FN2O2/c15-11-6-10(7-16-12-3-4-12)14(17-8-11)19-9-13-2-1-5-18-13/h1-2,5-6,8,12,16H,3-4,7,9H2. The van der Waals surface area contributed by atoms with Crippen molar-refractivity contribution in [1.82, 2.24) is 10.3 Å². The number of furan rings is 1. The Morgan fingerprint density at radius 2 is 2.37 bits per heavy atom. The molecule has 0 saturated heterocycles. The SMILES string of the molecule is Fc1cnc(OCc2ccco2)c(CNC2CC2)c1. The van der Waals surface area contributed by atoms with Crippen LogP contribution in [0.2, 0.25) is 0 Å². The molecule has 3 rings (SSSR count). The lowest BCUT2D eigenvalue weighted by molar-refractivity contribution is 0.256. The van der Waals surface area contributed by atoms with E-state index in [0.29, 0.717) is 30.8 Å². The fourth-order valence-corrected chi connectivity index (χ4v) is 1.80. The number of nitrogens with one attached hydrogen (secondary N) is 1. The summed E-state index contributed by atoms with van der Waals surface area (Å²) in [7, 11) is 0. The zero-order valence-corrected chi connectivity index (χ0v) is 10.4. The summed E-state index contributed by atoms with van der Waals surface area (Å²) in [6.07, 6.45) is 5.13. The summed E-state index contributed by atoms with van der Waals surface area (Å²) in [5, 5.41) is 3.32. The van der Waals surface area contributed by atoms with Crippen LogP contribution in [-0.4, -0.2) is 11.0 Å². The monoisotopic (exact) mass is 262 g/mol. The molecule has 100 valence electrons. The van der Waals surface area contributed by atoms with Crippen LogP contribution < -0.4 is 10.1 Å². The van der Waals surface area contributed by atoms with Gasteiger partial charge in [-0.15, -0.1) is 0 Å². The molecule has 1 N–H and O–H groups in total. The van der Waals surface area contributed by atoms with Crippen molar-refractivity contribution in [2.24, 2.45) is 0 Å². The predicted molar refractivity (Wildman–Crippen MR) is 67.1 cm³/mol. The molecule has 0 unspecified atom stereocenters. The summed E-state index contributed by atoms with van der Waals surface area (Å²) in [4.78, 5) is 4.00. The van der Waals surface area contributed by atoms with E-state index in [1.807, 2.05) is 6.07 Å². The fourth-order valence-electron chi connectivity index (χ4n) is 1.80. The van der Waals surface area contributed by atoms with Crippen LogP contribution in [0.1, 0.15) is 24.2 Å². The number of ether oxygens (including phenoxy) is 1. The van der Waals surface area contributed by atoms with Gasteiger partial charge in [0.1, 0.15) is 18.2 Å². The number of hydrogen-bond acceptors (Lipinski definition) is 4. The molecule has 5 heteroatoms. The van der Waals surface area contributed by atoms with Gasteiger partial charge >= 0.3 is 0 Å². The third-order valence-corrected chi connectivity index (χ3v) is 2.98. The molecule has 1 saturated carbocycles. The summed E-state index contributed by atoms with van der Waals surface area (Å²) in [5.74, 6) is 0.816. The molecular weight excluding hydrogens is 247 g/mol. The van der Waals surface area contributed by atoms with Crippen molar-refractivity contribution in [2.45, 2.75) is 32.0 Å². The highest BCUT2D eigenvalue weighted by atomic mass is 19.1. The van der Waals surface area contributed by atoms with E-state index in [1.54, 1.807) is 12.3 Å². The number of nitrogens with zero attached hydrogens (tertiary/aromatic N) is 1. The van der Waals surface area contributed by atoms with Crippen molar-refractivity contribution in [1.29, 1.82) is 0 Å². The summed E-state index contributed by atoms with van der Waals surface area (Å²) < 4.78 is 24.0. The average Bonchev–Trinajstić information content (AvgIpc) is 3.10. The Morgan fingerprint density at radius 3 is 3.11 bits per heavy atom. The first-order valence-corrected chi connectivity index (χ1v) is 6.34. The molecule has 1 aliphatic rings. The first kappa shape index (κ1) is 12.2. The van der Waals surface area contributed by atoms with Crippen LogP contribution in [-0.2, 0) is 13.2 Å². The molecule has 1 aliphatic carbocycles. The highest BCUT2D eigenvalue weighted by Gasteiger charge is 2.21. The largest absolute Gasteiger partial charge is 0.469 e. The second kappa shape index (κ2) is 5.40. The summed E-state index contributed by atoms with van der Waals surface area (Å²) in [6, 6.07) is 5.64. The van der Waals surface area contributed by atoms with Crippen LogP contribution in [0, 0.1) is 5.82 Å². The van der Waals surface area contributed by atoms with Gasteiger partial charge in [0, 0.05) is 18.2 Å². The molecular formula is C14H15FN2O2. The molecule has 1 fully saturated rings. The highest BCUT2D eigenvalue weighted by molar-refractivity contribution is 5.26. The minimum Gasteiger partial charge on any atom is -0.469 e. The molecule has 0 aromatic carbocycles. The fraction of sp³-hybridized carbons (Fsp3) is 0.357. The van der Waals surface area contributed by atoms with Crippen molar-refractivity contribution in [3.05, 3.63) is 47.8 Å². The van der Waals surface area contributed by atoms with Crippen LogP contribution in [0.15, 0.2) is 35.1 Å². The Kier molecular flexibility index (Phi) is 3.46. The lowest BCUT2D eigenvalue weighted by Gasteiger charge is -2.10. The molecule has 0 aliphatic heterocycles. The Balaban J connectivity index is 1.67. The van der Waals surface area contributed by atoms with Gasteiger partial charge in [0.15, 0.2) is 0 Å². The maximum absolute atomic E-state index is 13.2. The number of hydrogen-bond donors (Lipinski definition) is 1. The number of pyridine rings is 1. The molecule has 0 bridgehead atoms. The third kappa shape index (κ3) is 3.32. The zero-order valence-electron chi connectivity index (χ0n) is 10.4. The number of halogens is 1. The number of rotatable bonds is 6. The molecule has 19 heavy (non-hydrogen) atoms. The van der Waals surface area contributed by atoms with E-state index in [0.717, 1.165) is 11.8 Å². The summed E-state index contributed by atoms with van der Waals surface area (Å²) in [5.41, 5.74) is 0.735. The zero-order chi connectivity index (χ0) is 13.1. The van der Waals surface area contributed by atoms with Gasteiger partial charge in [-0.05, 0) is 31.0 Å². The summed E-state index contributed by atoms with van der Waals surface area (Å²) in [6.45, 7) is 0.866. The van der Waals surface area contributed by atoms with E-state index in [2.05, 4.69) is 10.3 Å². The normalized spacial score (nSPS) is 14.6. The van der Waals surface area contributed by atoms with E-state index in [4.69, 9.17) is 9.15 Å². The Labute approximate surface area is 110 Å². The second-order valence-corrected chi connectivity index (χ2v) is 4.64. The predicted octanol–water partition coefficient (Wildman–Crippen LogP) is 2.64. The minimum atomic E-state index is -0.349. The maximum Gasteiger partial charge on any atom is 0.218 e. The Morgan fingerprint density at radius 1 is 1.47 bits per heavy atom. The molecule has 4 nitrogen and oxygen atoms in total. The van der Waals surface area contributed by atoms with Gasteiger partial charge < -0.3 is 14.5 Å². The Hall–Kier alpha value is -1.88. The van der Waals surface area contributed by atoms with Gasteiger partial charge in [-0.3, -0.25) is 0 Å². The molecule has 0 radical (unpaired) electrons. The van der Waals surface area contributed by atoms with Gasteiger partial charge in [0.05, 0.1) is 12.5 Å². The van der Waals surface area contributed by atoms with E-state index in [9.17, 15) is 4.39 Å².